The Balaban J connectivity index is 2.82. The monoisotopic (exact) mass is 228 g/mol. The number of ether oxygens (including phenoxy) is 1. The van der Waals surface area contributed by atoms with Crippen LogP contribution in [-0.4, -0.2) is 42.8 Å². The van der Waals surface area contributed by atoms with Crippen LogP contribution in [0.2, 0.25) is 0 Å². The smallest absolute Gasteiger partial charge is 0.0619 e. The minimum atomic E-state index is 0.223. The molecular weight excluding hydrogens is 200 g/mol. The first kappa shape index (κ1) is 13.9. The molecule has 0 aromatic carbocycles. The van der Waals surface area contributed by atoms with Gasteiger partial charge in [-0.05, 0) is 18.8 Å². The third kappa shape index (κ3) is 3.19. The van der Waals surface area contributed by atoms with Crippen LogP contribution in [0.5, 0.6) is 0 Å². The highest BCUT2D eigenvalue weighted by Crippen LogP contribution is 2.29. The number of morpholine rings is 1. The molecule has 16 heavy (non-hydrogen) atoms. The molecule has 2 N–H and O–H groups in total. The highest BCUT2D eigenvalue weighted by atomic mass is 16.5. The number of hydrogen-bond donors (Lipinski definition) is 1. The number of nitrogens with two attached hydrogens (primary N) is 1. The molecule has 0 aliphatic carbocycles. The Morgan fingerprint density at radius 1 is 1.44 bits per heavy atom. The molecular formula is C13H28N2O. The Kier molecular flexibility index (Phi) is 4.77. The molecule has 1 heterocycles. The zero-order chi connectivity index (χ0) is 12.3. The zero-order valence-electron chi connectivity index (χ0n) is 11.5. The first-order valence-electron chi connectivity index (χ1n) is 6.47. The normalized spacial score (nSPS) is 27.8. The molecule has 1 saturated heterocycles. The Labute approximate surface area is 100 Å². The van der Waals surface area contributed by atoms with E-state index in [9.17, 15) is 0 Å². The van der Waals surface area contributed by atoms with Gasteiger partial charge in [-0.15, -0.1) is 0 Å². The summed E-state index contributed by atoms with van der Waals surface area (Å²) in [5.41, 5.74) is 6.54. The maximum absolute atomic E-state index is 6.31. The van der Waals surface area contributed by atoms with E-state index in [0.29, 0.717) is 12.1 Å². The van der Waals surface area contributed by atoms with E-state index in [1.54, 1.807) is 0 Å². The topological polar surface area (TPSA) is 38.5 Å². The van der Waals surface area contributed by atoms with E-state index in [-0.39, 0.29) is 11.5 Å². The van der Waals surface area contributed by atoms with Crippen molar-refractivity contribution >= 4 is 0 Å². The van der Waals surface area contributed by atoms with Crippen LogP contribution in [-0.2, 0) is 4.74 Å². The number of rotatable bonds is 3. The summed E-state index contributed by atoms with van der Waals surface area (Å²) >= 11 is 0. The van der Waals surface area contributed by atoms with Crippen LogP contribution in [0.1, 0.15) is 41.0 Å². The Hall–Kier alpha value is -0.120. The van der Waals surface area contributed by atoms with Gasteiger partial charge in [-0.25, -0.2) is 0 Å². The molecule has 3 heteroatoms. The lowest BCUT2D eigenvalue weighted by Gasteiger charge is -2.47. The number of nitrogens with zero attached hydrogens (tertiary/aromatic N) is 1. The van der Waals surface area contributed by atoms with Crippen molar-refractivity contribution in [3.05, 3.63) is 0 Å². The predicted octanol–water partition coefficient (Wildman–Crippen LogP) is 1.86. The quantitative estimate of drug-likeness (QED) is 0.801. The first-order chi connectivity index (χ1) is 7.38. The minimum absolute atomic E-state index is 0.223. The van der Waals surface area contributed by atoms with E-state index < -0.39 is 0 Å². The second-order valence-electron chi connectivity index (χ2n) is 6.04. The van der Waals surface area contributed by atoms with Gasteiger partial charge in [0.15, 0.2) is 0 Å². The van der Waals surface area contributed by atoms with E-state index in [4.69, 9.17) is 10.5 Å². The molecule has 96 valence electrons. The molecule has 1 fully saturated rings. The van der Waals surface area contributed by atoms with Gasteiger partial charge in [0.1, 0.15) is 0 Å². The molecule has 0 aromatic heterocycles. The van der Waals surface area contributed by atoms with Crippen LogP contribution >= 0.6 is 0 Å². The van der Waals surface area contributed by atoms with Crippen molar-refractivity contribution < 1.29 is 4.74 Å². The van der Waals surface area contributed by atoms with E-state index >= 15 is 0 Å². The van der Waals surface area contributed by atoms with Crippen molar-refractivity contribution in [1.82, 2.24) is 4.90 Å². The second kappa shape index (κ2) is 5.48. The fourth-order valence-electron chi connectivity index (χ4n) is 2.76. The van der Waals surface area contributed by atoms with Crippen LogP contribution in [0.4, 0.5) is 0 Å². The summed E-state index contributed by atoms with van der Waals surface area (Å²) in [6.07, 6.45) is 1.03. The summed E-state index contributed by atoms with van der Waals surface area (Å²) < 4.78 is 5.51. The summed E-state index contributed by atoms with van der Waals surface area (Å²) in [7, 11) is 0. The molecule has 3 atom stereocenters. The maximum Gasteiger partial charge on any atom is 0.0619 e. The van der Waals surface area contributed by atoms with E-state index in [1.165, 1.54) is 0 Å². The van der Waals surface area contributed by atoms with Gasteiger partial charge < -0.3 is 10.5 Å². The van der Waals surface area contributed by atoms with Crippen molar-refractivity contribution in [2.75, 3.05) is 19.8 Å². The molecule has 1 rings (SSSR count). The Morgan fingerprint density at radius 2 is 2.06 bits per heavy atom. The Morgan fingerprint density at radius 3 is 2.50 bits per heavy atom. The minimum Gasteiger partial charge on any atom is -0.379 e. The largest absolute Gasteiger partial charge is 0.379 e. The average Bonchev–Trinajstić information content (AvgIpc) is 2.19. The number of hydrogen-bond acceptors (Lipinski definition) is 3. The van der Waals surface area contributed by atoms with Gasteiger partial charge in [0.25, 0.3) is 0 Å². The third-order valence-electron chi connectivity index (χ3n) is 3.54. The molecule has 1 aliphatic heterocycles. The van der Waals surface area contributed by atoms with E-state index in [1.807, 2.05) is 0 Å². The fraction of sp³-hybridized carbons (Fsp3) is 1.00. The highest BCUT2D eigenvalue weighted by Gasteiger charge is 2.37. The lowest BCUT2D eigenvalue weighted by molar-refractivity contribution is -0.0534. The van der Waals surface area contributed by atoms with E-state index in [2.05, 4.69) is 39.5 Å². The lowest BCUT2D eigenvalue weighted by atomic mass is 9.79. The molecule has 3 unspecified atom stereocenters. The van der Waals surface area contributed by atoms with Gasteiger partial charge in [0.2, 0.25) is 0 Å². The average molecular weight is 228 g/mol. The summed E-state index contributed by atoms with van der Waals surface area (Å²) in [6.45, 7) is 14.0. The van der Waals surface area contributed by atoms with Crippen molar-refractivity contribution in [2.45, 2.75) is 59.2 Å². The van der Waals surface area contributed by atoms with Gasteiger partial charge in [0, 0.05) is 24.7 Å². The summed E-state index contributed by atoms with van der Waals surface area (Å²) in [4.78, 5) is 2.54. The standard InChI is InChI=1S/C13H28N2O/c1-6-11(14)12(13(3,4)5)15-7-8-16-9-10(15)2/h10-12H,6-9,14H2,1-5H3. The van der Waals surface area contributed by atoms with Crippen LogP contribution in [0.3, 0.4) is 0 Å². The van der Waals surface area contributed by atoms with Crippen molar-refractivity contribution in [1.29, 1.82) is 0 Å². The molecule has 0 bridgehead atoms. The summed E-state index contributed by atoms with van der Waals surface area (Å²) in [5, 5.41) is 0. The molecule has 0 aromatic rings. The Bertz CT molecular complexity index is 212. The van der Waals surface area contributed by atoms with Crippen LogP contribution in [0, 0.1) is 5.41 Å². The molecule has 1 aliphatic rings. The maximum atomic E-state index is 6.31. The van der Waals surface area contributed by atoms with Crippen LogP contribution in [0.25, 0.3) is 0 Å². The van der Waals surface area contributed by atoms with Gasteiger partial charge >= 0.3 is 0 Å². The van der Waals surface area contributed by atoms with E-state index in [0.717, 1.165) is 26.2 Å². The van der Waals surface area contributed by atoms with Crippen LogP contribution in [0.15, 0.2) is 0 Å². The van der Waals surface area contributed by atoms with Gasteiger partial charge in [-0.2, -0.15) is 0 Å². The molecule has 0 spiro atoms. The zero-order valence-corrected chi connectivity index (χ0v) is 11.5. The predicted molar refractivity (Wildman–Crippen MR) is 68.5 cm³/mol. The van der Waals surface area contributed by atoms with Crippen molar-refractivity contribution in [3.63, 3.8) is 0 Å². The molecule has 0 amide bonds. The van der Waals surface area contributed by atoms with Gasteiger partial charge in [0.05, 0.1) is 13.2 Å². The third-order valence-corrected chi connectivity index (χ3v) is 3.54. The summed E-state index contributed by atoms with van der Waals surface area (Å²) in [6, 6.07) is 1.17. The summed E-state index contributed by atoms with van der Waals surface area (Å²) in [5.74, 6) is 0. The molecule has 3 nitrogen and oxygen atoms in total. The SMILES string of the molecule is CCC(N)C(N1CCOCC1C)C(C)(C)C. The fourth-order valence-corrected chi connectivity index (χ4v) is 2.76. The van der Waals surface area contributed by atoms with Crippen molar-refractivity contribution in [3.8, 4) is 0 Å². The molecule has 0 radical (unpaired) electrons. The van der Waals surface area contributed by atoms with Crippen molar-refractivity contribution in [2.24, 2.45) is 11.1 Å². The van der Waals surface area contributed by atoms with Gasteiger partial charge in [-0.3, -0.25) is 4.90 Å². The van der Waals surface area contributed by atoms with Gasteiger partial charge in [-0.1, -0.05) is 27.7 Å². The first-order valence-corrected chi connectivity index (χ1v) is 6.47. The van der Waals surface area contributed by atoms with Crippen LogP contribution < -0.4 is 5.73 Å². The highest BCUT2D eigenvalue weighted by molar-refractivity contribution is 4.93. The molecule has 0 saturated carbocycles. The lowest BCUT2D eigenvalue weighted by Crippen LogP contribution is -2.60. The second-order valence-corrected chi connectivity index (χ2v) is 6.04.